The Labute approximate surface area is 103 Å². The van der Waals surface area contributed by atoms with Crippen molar-refractivity contribution in [1.29, 1.82) is 0 Å². The van der Waals surface area contributed by atoms with Gasteiger partial charge in [0.05, 0.1) is 6.54 Å². The van der Waals surface area contributed by atoms with E-state index in [1.54, 1.807) is 0 Å². The number of nitrogens with zero attached hydrogens (tertiary/aromatic N) is 1. The predicted molar refractivity (Wildman–Crippen MR) is 57.6 cm³/mol. The van der Waals surface area contributed by atoms with Gasteiger partial charge >= 0.3 is 12.0 Å². The highest BCUT2D eigenvalue weighted by atomic mass is 19.3. The van der Waals surface area contributed by atoms with Gasteiger partial charge in [0.15, 0.2) is 5.60 Å². The summed E-state index contributed by atoms with van der Waals surface area (Å²) in [5, 5.41) is 11.1. The van der Waals surface area contributed by atoms with Gasteiger partial charge in [-0.15, -0.1) is 0 Å². The Kier molecular flexibility index (Phi) is 4.83. The van der Waals surface area contributed by atoms with Gasteiger partial charge in [0.25, 0.3) is 6.43 Å². The van der Waals surface area contributed by atoms with Gasteiger partial charge in [0.2, 0.25) is 0 Å². The Morgan fingerprint density at radius 1 is 1.44 bits per heavy atom. The van der Waals surface area contributed by atoms with Crippen LogP contribution in [0.1, 0.15) is 12.8 Å². The van der Waals surface area contributed by atoms with Crippen molar-refractivity contribution < 1.29 is 28.2 Å². The number of carboxylic acids is 1. The molecular formula is C10H16F2N2O4. The molecule has 1 fully saturated rings. The normalized spacial score (nSPS) is 18.8. The van der Waals surface area contributed by atoms with Crippen LogP contribution in [0.2, 0.25) is 0 Å². The zero-order valence-corrected chi connectivity index (χ0v) is 9.99. The number of carbonyl (C=O) groups is 2. The lowest BCUT2D eigenvalue weighted by Crippen LogP contribution is -2.54. The maximum Gasteiger partial charge on any atom is 0.336 e. The lowest BCUT2D eigenvalue weighted by molar-refractivity contribution is -0.167. The summed E-state index contributed by atoms with van der Waals surface area (Å²) < 4.78 is 28.8. The molecule has 0 unspecified atom stereocenters. The summed E-state index contributed by atoms with van der Waals surface area (Å²) in [4.78, 5) is 23.8. The molecule has 0 radical (unpaired) electrons. The van der Waals surface area contributed by atoms with Crippen molar-refractivity contribution in [2.45, 2.75) is 24.9 Å². The summed E-state index contributed by atoms with van der Waals surface area (Å²) in [5.41, 5.74) is -1.28. The number of nitrogens with one attached hydrogen (secondary N) is 1. The van der Waals surface area contributed by atoms with E-state index in [4.69, 9.17) is 9.84 Å². The van der Waals surface area contributed by atoms with E-state index in [1.165, 1.54) is 12.0 Å². The molecule has 0 atom stereocenters. The fourth-order valence-corrected chi connectivity index (χ4v) is 1.85. The van der Waals surface area contributed by atoms with Gasteiger partial charge in [-0.25, -0.2) is 18.4 Å². The van der Waals surface area contributed by atoms with Crippen molar-refractivity contribution in [2.75, 3.05) is 26.7 Å². The highest BCUT2D eigenvalue weighted by Gasteiger charge is 2.42. The Morgan fingerprint density at radius 2 is 2.00 bits per heavy atom. The van der Waals surface area contributed by atoms with Crippen LogP contribution in [-0.4, -0.2) is 60.8 Å². The second kappa shape index (κ2) is 5.94. The first kappa shape index (κ1) is 14.6. The van der Waals surface area contributed by atoms with Crippen LogP contribution in [0.3, 0.4) is 0 Å². The second-order valence-electron chi connectivity index (χ2n) is 4.07. The number of hydrogen-bond donors (Lipinski definition) is 2. The smallest absolute Gasteiger partial charge is 0.336 e. The zero-order chi connectivity index (χ0) is 13.8. The molecule has 104 valence electrons. The average Bonchev–Trinajstić information content (AvgIpc) is 2.35. The number of likely N-dealkylation sites (tertiary alicyclic amines) is 1. The number of urea groups is 1. The quantitative estimate of drug-likeness (QED) is 0.778. The van der Waals surface area contributed by atoms with Crippen LogP contribution in [0.5, 0.6) is 0 Å². The monoisotopic (exact) mass is 266 g/mol. The van der Waals surface area contributed by atoms with Crippen molar-refractivity contribution in [2.24, 2.45) is 0 Å². The van der Waals surface area contributed by atoms with Crippen LogP contribution < -0.4 is 5.32 Å². The zero-order valence-electron chi connectivity index (χ0n) is 9.99. The molecule has 0 aliphatic carbocycles. The summed E-state index contributed by atoms with van der Waals surface area (Å²) >= 11 is 0. The number of ether oxygens (including phenoxy) is 1. The van der Waals surface area contributed by atoms with Crippen LogP contribution in [0, 0.1) is 0 Å². The van der Waals surface area contributed by atoms with Crippen molar-refractivity contribution >= 4 is 12.0 Å². The number of aliphatic carboxylic acids is 1. The molecule has 0 spiro atoms. The molecule has 0 aromatic heterocycles. The van der Waals surface area contributed by atoms with Crippen LogP contribution >= 0.6 is 0 Å². The van der Waals surface area contributed by atoms with Crippen molar-refractivity contribution in [3.63, 3.8) is 0 Å². The lowest BCUT2D eigenvalue weighted by atomic mass is 9.91. The van der Waals surface area contributed by atoms with Crippen LogP contribution in [0.15, 0.2) is 0 Å². The molecule has 0 aromatic rings. The third-order valence-corrected chi connectivity index (χ3v) is 3.05. The van der Waals surface area contributed by atoms with Crippen molar-refractivity contribution in [3.8, 4) is 0 Å². The summed E-state index contributed by atoms with van der Waals surface area (Å²) in [6.45, 7) is -0.381. The van der Waals surface area contributed by atoms with E-state index < -0.39 is 30.6 Å². The number of carbonyl (C=O) groups excluding carboxylic acids is 1. The van der Waals surface area contributed by atoms with Crippen molar-refractivity contribution in [3.05, 3.63) is 0 Å². The highest BCUT2D eigenvalue weighted by Crippen LogP contribution is 2.26. The maximum absolute atomic E-state index is 11.9. The maximum atomic E-state index is 11.9. The number of piperidine rings is 1. The van der Waals surface area contributed by atoms with E-state index in [-0.39, 0.29) is 25.9 Å². The molecule has 0 bridgehead atoms. The molecular weight excluding hydrogens is 250 g/mol. The van der Waals surface area contributed by atoms with Crippen molar-refractivity contribution in [1.82, 2.24) is 10.2 Å². The molecule has 0 aromatic carbocycles. The Hall–Kier alpha value is -1.44. The summed E-state index contributed by atoms with van der Waals surface area (Å²) in [5.74, 6) is -1.07. The van der Waals surface area contributed by atoms with Gasteiger partial charge < -0.3 is 20.1 Å². The molecule has 1 rings (SSSR count). The lowest BCUT2D eigenvalue weighted by Gasteiger charge is -2.37. The number of carboxylic acid groups (broad SMARTS) is 1. The number of alkyl halides is 2. The average molecular weight is 266 g/mol. The first-order chi connectivity index (χ1) is 8.41. The van der Waals surface area contributed by atoms with Gasteiger partial charge in [-0.05, 0) is 0 Å². The van der Waals surface area contributed by atoms with Gasteiger partial charge in [-0.3, -0.25) is 0 Å². The first-order valence-electron chi connectivity index (χ1n) is 5.51. The van der Waals surface area contributed by atoms with Gasteiger partial charge in [0, 0.05) is 33.0 Å². The fraction of sp³-hybridized carbons (Fsp3) is 0.800. The number of rotatable bonds is 4. The minimum atomic E-state index is -2.60. The Bertz CT molecular complexity index is 317. The minimum absolute atomic E-state index is 0.140. The van der Waals surface area contributed by atoms with Crippen LogP contribution in [-0.2, 0) is 9.53 Å². The molecule has 1 heterocycles. The third-order valence-electron chi connectivity index (χ3n) is 3.05. The SMILES string of the molecule is COC1(C(=O)O)CCN(C(=O)NCC(F)F)CC1. The third kappa shape index (κ3) is 3.28. The Balaban J connectivity index is 2.48. The van der Waals surface area contributed by atoms with E-state index in [9.17, 15) is 18.4 Å². The van der Waals surface area contributed by atoms with E-state index in [0.717, 1.165) is 0 Å². The number of halogens is 2. The van der Waals surface area contributed by atoms with E-state index in [0.29, 0.717) is 0 Å². The summed E-state index contributed by atoms with van der Waals surface area (Å²) in [7, 11) is 1.31. The van der Waals surface area contributed by atoms with Crippen LogP contribution in [0.25, 0.3) is 0 Å². The molecule has 6 nitrogen and oxygen atoms in total. The summed E-state index contributed by atoms with van der Waals surface area (Å²) in [6, 6.07) is -0.606. The standard InChI is InChI=1S/C10H16F2N2O4/c1-18-10(8(15)16)2-4-14(5-3-10)9(17)13-6-7(11)12/h7H,2-6H2,1H3,(H,13,17)(H,15,16). The molecule has 18 heavy (non-hydrogen) atoms. The minimum Gasteiger partial charge on any atom is -0.479 e. The van der Waals surface area contributed by atoms with Crippen LogP contribution in [0.4, 0.5) is 13.6 Å². The molecule has 1 aliphatic heterocycles. The first-order valence-corrected chi connectivity index (χ1v) is 5.51. The number of methoxy groups -OCH3 is 1. The molecule has 1 aliphatic rings. The predicted octanol–water partition coefficient (Wildman–Crippen LogP) is 0.527. The van der Waals surface area contributed by atoms with Gasteiger partial charge in [-0.1, -0.05) is 0 Å². The van der Waals surface area contributed by atoms with Gasteiger partial charge in [-0.2, -0.15) is 0 Å². The second-order valence-corrected chi connectivity index (χ2v) is 4.07. The molecule has 8 heteroatoms. The number of amides is 2. The van der Waals surface area contributed by atoms with E-state index >= 15 is 0 Å². The molecule has 2 N–H and O–H groups in total. The number of hydrogen-bond acceptors (Lipinski definition) is 3. The Morgan fingerprint density at radius 3 is 2.39 bits per heavy atom. The van der Waals surface area contributed by atoms with E-state index in [1.807, 2.05) is 0 Å². The molecule has 0 saturated carbocycles. The van der Waals surface area contributed by atoms with E-state index in [2.05, 4.69) is 5.32 Å². The fourth-order valence-electron chi connectivity index (χ4n) is 1.85. The van der Waals surface area contributed by atoms with Gasteiger partial charge in [0.1, 0.15) is 0 Å². The molecule has 1 saturated heterocycles. The highest BCUT2D eigenvalue weighted by molar-refractivity contribution is 5.79. The summed E-state index contributed by atoms with van der Waals surface area (Å²) in [6.07, 6.45) is -2.32. The largest absolute Gasteiger partial charge is 0.479 e. The topological polar surface area (TPSA) is 78.9 Å². The molecule has 2 amide bonds.